The van der Waals surface area contributed by atoms with Crippen molar-refractivity contribution in [3.05, 3.63) is 94.9 Å². The molecule has 3 aromatic rings. The summed E-state index contributed by atoms with van der Waals surface area (Å²) >= 11 is 0. The first-order valence-electron chi connectivity index (χ1n) is 14.1. The second-order valence-corrected chi connectivity index (χ2v) is 10.2. The zero-order valence-electron chi connectivity index (χ0n) is 23.3. The van der Waals surface area contributed by atoms with Gasteiger partial charge in [0.25, 0.3) is 5.91 Å². The zero-order chi connectivity index (χ0) is 27.5. The molecule has 208 valence electrons. The third-order valence-electron chi connectivity index (χ3n) is 7.13. The number of morpholine rings is 1. The Morgan fingerprint density at radius 1 is 0.872 bits per heavy atom. The molecule has 2 heterocycles. The smallest absolute Gasteiger partial charge is 0.254 e. The van der Waals surface area contributed by atoms with Gasteiger partial charge in [0, 0.05) is 38.3 Å². The van der Waals surface area contributed by atoms with E-state index in [4.69, 9.17) is 9.15 Å². The predicted octanol–water partition coefficient (Wildman–Crippen LogP) is 4.93. The van der Waals surface area contributed by atoms with Crippen LogP contribution in [0.1, 0.15) is 52.8 Å². The normalized spacial score (nSPS) is 13.8. The van der Waals surface area contributed by atoms with Crippen molar-refractivity contribution in [1.82, 2.24) is 14.7 Å². The maximum absolute atomic E-state index is 13.8. The Hall–Kier alpha value is -3.42. The van der Waals surface area contributed by atoms with Gasteiger partial charge < -0.3 is 19.0 Å². The highest BCUT2D eigenvalue weighted by atomic mass is 16.5. The van der Waals surface area contributed by atoms with Crippen molar-refractivity contribution in [1.29, 1.82) is 0 Å². The lowest BCUT2D eigenvalue weighted by Crippen LogP contribution is -2.47. The standard InChI is InChI=1S/C32H41N3O4/c1-3-4-8-27-12-14-29(15-13-27)32(37)34(18-17-33-19-21-38-22-20-33)25-31(36)35(23-28-9-6-5-7-10-28)24-30-16-11-26(2)39-30/h5-7,9-16H,3-4,8,17-25H2,1-2H3. The van der Waals surface area contributed by atoms with Crippen LogP contribution in [0.15, 0.2) is 71.1 Å². The molecule has 1 saturated heterocycles. The Morgan fingerprint density at radius 3 is 2.28 bits per heavy atom. The Morgan fingerprint density at radius 2 is 1.62 bits per heavy atom. The lowest BCUT2D eigenvalue weighted by Gasteiger charge is -2.31. The molecule has 4 rings (SSSR count). The number of carbonyl (C=O) groups excluding carboxylic acids is 2. The molecule has 1 fully saturated rings. The number of benzene rings is 2. The summed E-state index contributed by atoms with van der Waals surface area (Å²) in [5.74, 6) is 1.31. The van der Waals surface area contributed by atoms with Gasteiger partial charge in [0.1, 0.15) is 18.1 Å². The maximum Gasteiger partial charge on any atom is 0.254 e. The number of furan rings is 1. The maximum atomic E-state index is 13.8. The van der Waals surface area contributed by atoms with Gasteiger partial charge in [-0.2, -0.15) is 0 Å². The van der Waals surface area contributed by atoms with E-state index >= 15 is 0 Å². The average Bonchev–Trinajstić information content (AvgIpc) is 3.39. The third kappa shape index (κ3) is 8.80. The van der Waals surface area contributed by atoms with Crippen molar-refractivity contribution in [2.24, 2.45) is 0 Å². The van der Waals surface area contributed by atoms with Crippen molar-refractivity contribution in [2.75, 3.05) is 45.9 Å². The molecule has 39 heavy (non-hydrogen) atoms. The number of hydrogen-bond donors (Lipinski definition) is 0. The van der Waals surface area contributed by atoms with E-state index in [9.17, 15) is 9.59 Å². The summed E-state index contributed by atoms with van der Waals surface area (Å²) in [4.78, 5) is 33.3. The lowest BCUT2D eigenvalue weighted by molar-refractivity contribution is -0.133. The van der Waals surface area contributed by atoms with Crippen LogP contribution in [0, 0.1) is 6.92 Å². The van der Waals surface area contributed by atoms with Gasteiger partial charge in [-0.25, -0.2) is 0 Å². The van der Waals surface area contributed by atoms with Gasteiger partial charge in [-0.15, -0.1) is 0 Å². The van der Waals surface area contributed by atoms with Crippen LogP contribution in [0.5, 0.6) is 0 Å². The average molecular weight is 532 g/mol. The molecule has 7 nitrogen and oxygen atoms in total. The molecule has 0 atom stereocenters. The molecule has 0 spiro atoms. The van der Waals surface area contributed by atoms with Gasteiger partial charge in [-0.05, 0) is 55.2 Å². The minimum Gasteiger partial charge on any atom is -0.464 e. The molecular weight excluding hydrogens is 490 g/mol. The van der Waals surface area contributed by atoms with E-state index < -0.39 is 0 Å². The van der Waals surface area contributed by atoms with Gasteiger partial charge in [0.05, 0.1) is 19.8 Å². The van der Waals surface area contributed by atoms with Crippen LogP contribution in [0.25, 0.3) is 0 Å². The molecule has 2 aromatic carbocycles. The summed E-state index contributed by atoms with van der Waals surface area (Å²) < 4.78 is 11.3. The lowest BCUT2D eigenvalue weighted by atomic mass is 10.1. The van der Waals surface area contributed by atoms with Gasteiger partial charge in [-0.3, -0.25) is 14.5 Å². The molecule has 1 aromatic heterocycles. The molecule has 1 aliphatic rings. The first-order chi connectivity index (χ1) is 19.0. The molecule has 0 radical (unpaired) electrons. The fourth-order valence-electron chi connectivity index (χ4n) is 4.77. The fourth-order valence-corrected chi connectivity index (χ4v) is 4.77. The molecule has 2 amide bonds. The highest BCUT2D eigenvalue weighted by molar-refractivity contribution is 5.96. The molecule has 0 bridgehead atoms. The first-order valence-corrected chi connectivity index (χ1v) is 14.1. The first kappa shape index (κ1) is 28.6. The van der Waals surface area contributed by atoms with E-state index in [1.807, 2.05) is 73.7 Å². The van der Waals surface area contributed by atoms with Crippen LogP contribution in [-0.4, -0.2) is 72.5 Å². The van der Waals surface area contributed by atoms with Gasteiger partial charge in [0.2, 0.25) is 5.91 Å². The van der Waals surface area contributed by atoms with Crippen molar-refractivity contribution < 1.29 is 18.7 Å². The molecule has 0 aliphatic carbocycles. The quantitative estimate of drug-likeness (QED) is 0.313. The number of carbonyl (C=O) groups is 2. The molecule has 0 saturated carbocycles. The largest absolute Gasteiger partial charge is 0.464 e. The number of amides is 2. The predicted molar refractivity (Wildman–Crippen MR) is 152 cm³/mol. The number of unbranched alkanes of at least 4 members (excludes halogenated alkanes) is 1. The summed E-state index contributed by atoms with van der Waals surface area (Å²) in [5, 5.41) is 0. The van der Waals surface area contributed by atoms with Crippen LogP contribution >= 0.6 is 0 Å². The van der Waals surface area contributed by atoms with E-state index in [0.717, 1.165) is 49.4 Å². The van der Waals surface area contributed by atoms with Crippen LogP contribution in [0.3, 0.4) is 0 Å². The topological polar surface area (TPSA) is 66.2 Å². The van der Waals surface area contributed by atoms with E-state index in [1.54, 1.807) is 9.80 Å². The summed E-state index contributed by atoms with van der Waals surface area (Å²) in [6.45, 7) is 9.10. The number of rotatable bonds is 13. The molecule has 7 heteroatoms. The summed E-state index contributed by atoms with van der Waals surface area (Å²) in [6.07, 6.45) is 3.26. The van der Waals surface area contributed by atoms with Crippen LogP contribution in [0.2, 0.25) is 0 Å². The van der Waals surface area contributed by atoms with E-state index in [0.29, 0.717) is 45.0 Å². The third-order valence-corrected chi connectivity index (χ3v) is 7.13. The van der Waals surface area contributed by atoms with E-state index in [2.05, 4.69) is 11.8 Å². The molecule has 1 aliphatic heterocycles. The summed E-state index contributed by atoms with van der Waals surface area (Å²) in [6, 6.07) is 21.6. The van der Waals surface area contributed by atoms with E-state index in [1.165, 1.54) is 5.56 Å². The minimum atomic E-state index is -0.118. The van der Waals surface area contributed by atoms with E-state index in [-0.39, 0.29) is 18.4 Å². The van der Waals surface area contributed by atoms with Gasteiger partial charge in [-0.1, -0.05) is 55.8 Å². The van der Waals surface area contributed by atoms with Crippen LogP contribution < -0.4 is 0 Å². The Labute approximate surface area is 232 Å². The Bertz CT molecular complexity index is 1170. The molecule has 0 unspecified atom stereocenters. The number of nitrogens with zero attached hydrogens (tertiary/aromatic N) is 3. The Kier molecular flexibility index (Phi) is 10.7. The zero-order valence-corrected chi connectivity index (χ0v) is 23.3. The number of aryl methyl sites for hydroxylation is 2. The highest BCUT2D eigenvalue weighted by Crippen LogP contribution is 2.16. The Balaban J connectivity index is 1.51. The highest BCUT2D eigenvalue weighted by Gasteiger charge is 2.24. The fraction of sp³-hybridized carbons (Fsp3) is 0.438. The van der Waals surface area contributed by atoms with Crippen molar-refractivity contribution in [3.63, 3.8) is 0 Å². The van der Waals surface area contributed by atoms with Crippen molar-refractivity contribution in [2.45, 2.75) is 46.2 Å². The second kappa shape index (κ2) is 14.7. The molecule has 0 N–H and O–H groups in total. The molecular formula is C32H41N3O4. The van der Waals surface area contributed by atoms with Crippen molar-refractivity contribution >= 4 is 11.8 Å². The minimum absolute atomic E-state index is 0.00723. The number of ether oxygens (including phenoxy) is 1. The van der Waals surface area contributed by atoms with Crippen LogP contribution in [-0.2, 0) is 29.0 Å². The van der Waals surface area contributed by atoms with Gasteiger partial charge in [0.15, 0.2) is 0 Å². The monoisotopic (exact) mass is 531 g/mol. The summed E-state index contributed by atoms with van der Waals surface area (Å²) in [5.41, 5.74) is 2.87. The SMILES string of the molecule is CCCCc1ccc(C(=O)N(CCN2CCOCC2)CC(=O)N(Cc2ccccc2)Cc2ccc(C)o2)cc1. The summed E-state index contributed by atoms with van der Waals surface area (Å²) in [7, 11) is 0. The van der Waals surface area contributed by atoms with Crippen molar-refractivity contribution in [3.8, 4) is 0 Å². The van der Waals surface area contributed by atoms with Crippen LogP contribution in [0.4, 0.5) is 0 Å². The van der Waals surface area contributed by atoms with Gasteiger partial charge >= 0.3 is 0 Å². The second-order valence-electron chi connectivity index (χ2n) is 10.2. The number of hydrogen-bond acceptors (Lipinski definition) is 5.